The number of Topliss-reactive ketones (excluding diaryl/α,β-unsaturated/α-hetero) is 1. The number of ether oxygens (including phenoxy) is 1. The maximum absolute atomic E-state index is 14.4. The topological polar surface area (TPSA) is 77.6 Å². The first kappa shape index (κ1) is 19.7. The minimum atomic E-state index is -3.58. The van der Waals surface area contributed by atoms with E-state index in [4.69, 9.17) is 5.73 Å². The summed E-state index contributed by atoms with van der Waals surface area (Å²) in [5.74, 6) is -7.51. The Labute approximate surface area is 156 Å². The summed E-state index contributed by atoms with van der Waals surface area (Å²) in [5, 5.41) is 0. The monoisotopic (exact) mass is 399 g/mol. The molecule has 1 aliphatic heterocycles. The molecule has 0 aliphatic carbocycles. The van der Waals surface area contributed by atoms with Crippen LogP contribution in [0.15, 0.2) is 35.5 Å². The number of nitrogens with zero attached hydrogens (tertiary/aromatic N) is 2. The van der Waals surface area contributed by atoms with Gasteiger partial charge in [0.05, 0.1) is 6.20 Å². The highest BCUT2D eigenvalue weighted by atomic mass is 19.3. The van der Waals surface area contributed by atoms with Gasteiger partial charge in [0.15, 0.2) is 23.7 Å². The first-order chi connectivity index (χ1) is 13.0. The number of alkyl halides is 2. The van der Waals surface area contributed by atoms with Crippen molar-refractivity contribution in [2.45, 2.75) is 24.8 Å². The van der Waals surface area contributed by atoms with E-state index in [9.17, 15) is 26.7 Å². The summed E-state index contributed by atoms with van der Waals surface area (Å²) in [7, 11) is 0. The van der Waals surface area contributed by atoms with Gasteiger partial charge < -0.3 is 10.5 Å². The highest BCUT2D eigenvalue weighted by Crippen LogP contribution is 2.44. The lowest BCUT2D eigenvalue weighted by atomic mass is 9.84. The van der Waals surface area contributed by atoms with Crippen molar-refractivity contribution in [2.75, 3.05) is 6.61 Å². The third kappa shape index (κ3) is 3.41. The molecule has 148 valence electrons. The molecule has 0 saturated carbocycles. The molecule has 0 radical (unpaired) electrons. The number of benzene rings is 1. The van der Waals surface area contributed by atoms with Crippen molar-refractivity contribution in [3.8, 4) is 0 Å². The summed E-state index contributed by atoms with van der Waals surface area (Å²) in [6, 6.07) is 3.09. The lowest BCUT2D eigenvalue weighted by molar-refractivity contribution is -0.117. The van der Waals surface area contributed by atoms with Crippen molar-refractivity contribution in [3.63, 3.8) is 0 Å². The van der Waals surface area contributed by atoms with Crippen LogP contribution in [0.3, 0.4) is 0 Å². The number of hydrogen-bond acceptors (Lipinski definition) is 5. The number of carbonyl (C=O) groups is 1. The van der Waals surface area contributed by atoms with E-state index in [-0.39, 0.29) is 5.56 Å². The molecule has 0 saturated heterocycles. The van der Waals surface area contributed by atoms with Gasteiger partial charge in [0.1, 0.15) is 17.3 Å². The van der Waals surface area contributed by atoms with E-state index in [0.717, 1.165) is 19.1 Å². The number of aliphatic imine (C=N–C) groups is 1. The van der Waals surface area contributed by atoms with Crippen LogP contribution in [-0.2, 0) is 16.7 Å². The molecule has 2 aromatic rings. The molecule has 2 N–H and O–H groups in total. The number of hydrogen-bond donors (Lipinski definition) is 1. The molecule has 0 bridgehead atoms. The number of ketones is 1. The number of nitrogens with two attached hydrogens (primary N) is 1. The second kappa shape index (κ2) is 6.84. The van der Waals surface area contributed by atoms with E-state index >= 15 is 0 Å². The summed E-state index contributed by atoms with van der Waals surface area (Å²) in [6.45, 7) is -0.0975. The van der Waals surface area contributed by atoms with E-state index in [2.05, 4.69) is 14.7 Å². The van der Waals surface area contributed by atoms with Crippen LogP contribution in [0.25, 0.3) is 0 Å². The predicted octanol–water partition coefficient (Wildman–Crippen LogP) is 3.12. The molecule has 1 aliphatic rings. The highest BCUT2D eigenvalue weighted by Gasteiger charge is 2.56. The molecule has 0 fully saturated rings. The van der Waals surface area contributed by atoms with Crippen LogP contribution in [0.5, 0.6) is 0 Å². The van der Waals surface area contributed by atoms with Crippen molar-refractivity contribution in [2.24, 2.45) is 10.7 Å². The zero-order valence-corrected chi connectivity index (χ0v) is 14.5. The summed E-state index contributed by atoms with van der Waals surface area (Å²) >= 11 is 0. The van der Waals surface area contributed by atoms with Gasteiger partial charge in [0.25, 0.3) is 6.02 Å². The second-order valence-electron chi connectivity index (χ2n) is 6.41. The van der Waals surface area contributed by atoms with Crippen LogP contribution in [0.4, 0.5) is 22.0 Å². The first-order valence-corrected chi connectivity index (χ1v) is 8.02. The maximum Gasteiger partial charge on any atom is 0.310 e. The quantitative estimate of drug-likeness (QED) is 0.633. The number of carbonyl (C=O) groups excluding carboxylic acids is 1. The molecule has 0 unspecified atom stereocenters. The molecule has 0 spiro atoms. The van der Waals surface area contributed by atoms with E-state index < -0.39 is 65.0 Å². The maximum atomic E-state index is 14.4. The van der Waals surface area contributed by atoms with Crippen molar-refractivity contribution in [3.05, 3.63) is 64.7 Å². The van der Waals surface area contributed by atoms with Gasteiger partial charge in [-0.2, -0.15) is 8.78 Å². The molecule has 1 atom stereocenters. The van der Waals surface area contributed by atoms with Crippen LogP contribution in [0, 0.1) is 17.5 Å². The molecule has 0 amide bonds. The number of halogens is 5. The van der Waals surface area contributed by atoms with Gasteiger partial charge >= 0.3 is 5.92 Å². The summed E-state index contributed by atoms with van der Waals surface area (Å²) in [5.41, 5.74) is 2.02. The van der Waals surface area contributed by atoms with Gasteiger partial charge in [0.2, 0.25) is 0 Å². The Morgan fingerprint density at radius 3 is 2.61 bits per heavy atom. The van der Waals surface area contributed by atoms with Crippen LogP contribution in [0.2, 0.25) is 0 Å². The summed E-state index contributed by atoms with van der Waals surface area (Å²) in [6.07, 6.45) is 0.202. The smallest absolute Gasteiger partial charge is 0.310 e. The van der Waals surface area contributed by atoms with Crippen molar-refractivity contribution in [1.29, 1.82) is 0 Å². The fraction of sp³-hybridized carbons (Fsp3) is 0.278. The first-order valence-electron chi connectivity index (χ1n) is 8.02. The second-order valence-corrected chi connectivity index (χ2v) is 6.41. The number of aromatic nitrogens is 1. The predicted molar refractivity (Wildman–Crippen MR) is 88.5 cm³/mol. The van der Waals surface area contributed by atoms with E-state index in [1.165, 1.54) is 6.07 Å². The molecular formula is C18H14F5N3O2. The van der Waals surface area contributed by atoms with E-state index in [0.29, 0.717) is 12.3 Å². The molecule has 28 heavy (non-hydrogen) atoms. The van der Waals surface area contributed by atoms with Gasteiger partial charge in [-0.3, -0.25) is 4.79 Å². The molecule has 2 heterocycles. The Balaban J connectivity index is 1.98. The third-order valence-corrected chi connectivity index (χ3v) is 4.44. The largest absolute Gasteiger partial charge is 0.459 e. The van der Waals surface area contributed by atoms with Crippen LogP contribution in [-0.4, -0.2) is 29.3 Å². The van der Waals surface area contributed by atoms with Gasteiger partial charge in [-0.05, 0) is 24.6 Å². The summed E-state index contributed by atoms with van der Waals surface area (Å²) in [4.78, 5) is 19.2. The molecule has 1 aromatic heterocycles. The molecule has 5 nitrogen and oxygen atoms in total. The molecule has 1 aromatic carbocycles. The summed E-state index contributed by atoms with van der Waals surface area (Å²) < 4.78 is 74.4. The van der Waals surface area contributed by atoms with Crippen LogP contribution >= 0.6 is 0 Å². The lowest BCUT2D eigenvalue weighted by Gasteiger charge is -2.37. The Kier molecular flexibility index (Phi) is 4.82. The average molecular weight is 399 g/mol. The fourth-order valence-corrected chi connectivity index (χ4v) is 2.84. The molecule has 3 rings (SSSR count). The zero-order chi connectivity index (χ0) is 20.7. The number of pyridine rings is 1. The lowest BCUT2D eigenvalue weighted by Crippen LogP contribution is -2.51. The molecular weight excluding hydrogens is 385 g/mol. The minimum absolute atomic E-state index is 0.115. The van der Waals surface area contributed by atoms with Crippen LogP contribution < -0.4 is 5.73 Å². The van der Waals surface area contributed by atoms with Gasteiger partial charge in [-0.1, -0.05) is 6.07 Å². The fourth-order valence-electron chi connectivity index (χ4n) is 2.84. The normalized spacial score (nSPS) is 21.0. The highest BCUT2D eigenvalue weighted by molar-refractivity contribution is 5.96. The van der Waals surface area contributed by atoms with Crippen molar-refractivity contribution >= 4 is 11.8 Å². The Morgan fingerprint density at radius 2 is 1.93 bits per heavy atom. The van der Waals surface area contributed by atoms with E-state index in [1.807, 2.05) is 0 Å². The Hall–Kier alpha value is -3.04. The Morgan fingerprint density at radius 1 is 1.21 bits per heavy atom. The third-order valence-electron chi connectivity index (χ3n) is 4.44. The van der Waals surface area contributed by atoms with E-state index in [1.54, 1.807) is 0 Å². The van der Waals surface area contributed by atoms with Crippen LogP contribution in [0.1, 0.15) is 28.5 Å². The zero-order valence-electron chi connectivity index (χ0n) is 14.5. The average Bonchev–Trinajstić information content (AvgIpc) is 2.60. The van der Waals surface area contributed by atoms with Gasteiger partial charge in [-0.25, -0.2) is 23.1 Å². The van der Waals surface area contributed by atoms with Gasteiger partial charge in [0, 0.05) is 18.1 Å². The van der Waals surface area contributed by atoms with Crippen molar-refractivity contribution in [1.82, 2.24) is 4.98 Å². The van der Waals surface area contributed by atoms with Gasteiger partial charge in [-0.15, -0.1) is 0 Å². The molecule has 10 heteroatoms. The minimum Gasteiger partial charge on any atom is -0.459 e. The Bertz CT molecular complexity index is 980. The number of rotatable bonds is 4. The standard InChI is InChI=1S/C18H14F5N3O2/c1-17(18(22,23)8-28-16(24)26-17)11-4-9(2-3-12(11)20)5-14(27)15-13(21)6-10(19)7-25-15/h2-4,6-7H,5,8H2,1H3,(H2,24,26)/t17-/m1/s1. The van der Waals surface area contributed by atoms with Crippen molar-refractivity contribution < 1.29 is 31.5 Å². The number of amidine groups is 1. The SMILES string of the molecule is C[C@]1(c2cc(CC(=O)c3ncc(F)cc3F)ccc2F)N=C(N)OCC1(F)F.